The summed E-state index contributed by atoms with van der Waals surface area (Å²) in [7, 11) is 0. The molecule has 0 radical (unpaired) electrons. The Bertz CT molecular complexity index is 1000. The quantitative estimate of drug-likeness (QED) is 0.570. The van der Waals surface area contributed by atoms with Gasteiger partial charge >= 0.3 is 0 Å². The van der Waals surface area contributed by atoms with Crippen LogP contribution in [-0.2, 0) is 0 Å². The second-order valence-corrected chi connectivity index (χ2v) is 4.99. The highest BCUT2D eigenvalue weighted by Crippen LogP contribution is 2.33. The van der Waals surface area contributed by atoms with Crippen molar-refractivity contribution in [2.24, 2.45) is 5.73 Å². The fourth-order valence-electron chi connectivity index (χ4n) is 2.92. The first-order valence-electron chi connectivity index (χ1n) is 6.59. The lowest BCUT2D eigenvalue weighted by Crippen LogP contribution is -2.24. The summed E-state index contributed by atoms with van der Waals surface area (Å²) in [6.07, 6.45) is 1.47. The minimum Gasteiger partial charge on any atom is -0.364 e. The third kappa shape index (κ3) is 1.38. The van der Waals surface area contributed by atoms with E-state index in [1.807, 2.05) is 0 Å². The van der Waals surface area contributed by atoms with Gasteiger partial charge in [0.15, 0.2) is 11.6 Å². The lowest BCUT2D eigenvalue weighted by molar-refractivity contribution is 0.0963. The highest BCUT2D eigenvalue weighted by atomic mass is 16.2. The summed E-state index contributed by atoms with van der Waals surface area (Å²) in [6, 6.07) is 9.81. The summed E-state index contributed by atoms with van der Waals surface area (Å²) in [4.78, 5) is 37.3. The second-order valence-electron chi connectivity index (χ2n) is 4.99. The number of carbonyl (C=O) groups excluding carboxylic acids is 3. The second kappa shape index (κ2) is 4.11. The maximum absolute atomic E-state index is 12.8. The summed E-state index contributed by atoms with van der Waals surface area (Å²) in [6.45, 7) is 0. The van der Waals surface area contributed by atoms with E-state index in [-0.39, 0.29) is 34.0 Å². The molecule has 1 amide bonds. The van der Waals surface area contributed by atoms with Gasteiger partial charge in [0.25, 0.3) is 5.91 Å². The smallest absolute Gasteiger partial charge is 0.268 e. The summed E-state index contributed by atoms with van der Waals surface area (Å²) in [5.74, 6) is -1.48. The molecule has 0 atom stereocenters. The average Bonchev–Trinajstić information content (AvgIpc) is 2.88. The van der Waals surface area contributed by atoms with Crippen LogP contribution < -0.4 is 5.73 Å². The molecule has 6 heteroatoms. The van der Waals surface area contributed by atoms with Gasteiger partial charge in [0, 0.05) is 17.3 Å². The number of ketones is 2. The zero-order valence-corrected chi connectivity index (χ0v) is 11.2. The number of hydrogen-bond acceptors (Lipinski definition) is 4. The minimum atomic E-state index is -0.796. The molecule has 6 nitrogen and oxygen atoms in total. The van der Waals surface area contributed by atoms with Gasteiger partial charge in [-0.05, 0) is 12.1 Å². The van der Waals surface area contributed by atoms with Crippen molar-refractivity contribution in [3.05, 3.63) is 70.5 Å². The zero-order valence-electron chi connectivity index (χ0n) is 11.2. The van der Waals surface area contributed by atoms with Gasteiger partial charge in [0.05, 0.1) is 16.6 Å². The summed E-state index contributed by atoms with van der Waals surface area (Å²) < 4.78 is 1.26. The van der Waals surface area contributed by atoms with Gasteiger partial charge in [-0.2, -0.15) is 5.10 Å². The van der Waals surface area contributed by atoms with E-state index in [4.69, 9.17) is 5.73 Å². The SMILES string of the molecule is NC(=O)c1c2c(c3cccnn13)C(=O)c1ccccc1C2=O. The van der Waals surface area contributed by atoms with Crippen molar-refractivity contribution in [2.75, 3.05) is 0 Å². The highest BCUT2D eigenvalue weighted by Gasteiger charge is 2.37. The molecule has 106 valence electrons. The number of aromatic nitrogens is 2. The number of nitrogens with zero attached hydrogens (tertiary/aromatic N) is 2. The van der Waals surface area contributed by atoms with E-state index in [2.05, 4.69) is 5.10 Å². The van der Waals surface area contributed by atoms with Crippen LogP contribution in [0.3, 0.4) is 0 Å². The van der Waals surface area contributed by atoms with Gasteiger partial charge in [-0.15, -0.1) is 0 Å². The third-order valence-corrected chi connectivity index (χ3v) is 3.81. The minimum absolute atomic E-state index is 0.0369. The van der Waals surface area contributed by atoms with Crippen LogP contribution in [0.15, 0.2) is 42.6 Å². The molecular weight excluding hydrogens is 282 g/mol. The molecule has 0 unspecified atom stereocenters. The van der Waals surface area contributed by atoms with Gasteiger partial charge in [0.2, 0.25) is 0 Å². The van der Waals surface area contributed by atoms with Crippen LogP contribution in [0.25, 0.3) is 5.52 Å². The molecule has 4 rings (SSSR count). The molecule has 1 aliphatic carbocycles. The Hall–Kier alpha value is -3.28. The Labute approximate surface area is 124 Å². The van der Waals surface area contributed by atoms with Crippen molar-refractivity contribution in [1.82, 2.24) is 9.61 Å². The van der Waals surface area contributed by atoms with E-state index in [1.54, 1.807) is 36.4 Å². The third-order valence-electron chi connectivity index (χ3n) is 3.81. The normalized spacial score (nSPS) is 13.1. The number of amides is 1. The Balaban J connectivity index is 2.20. The van der Waals surface area contributed by atoms with Gasteiger partial charge in [-0.1, -0.05) is 24.3 Å². The van der Waals surface area contributed by atoms with E-state index in [0.29, 0.717) is 11.1 Å². The van der Waals surface area contributed by atoms with Crippen LogP contribution in [0.4, 0.5) is 0 Å². The van der Waals surface area contributed by atoms with Crippen LogP contribution in [0.5, 0.6) is 0 Å². The van der Waals surface area contributed by atoms with Gasteiger partial charge in [0.1, 0.15) is 5.69 Å². The van der Waals surface area contributed by atoms with E-state index >= 15 is 0 Å². The number of primary amides is 1. The number of carbonyl (C=O) groups is 3. The van der Waals surface area contributed by atoms with Gasteiger partial charge < -0.3 is 5.73 Å². The molecule has 2 heterocycles. The number of benzene rings is 1. The molecule has 2 aromatic heterocycles. The monoisotopic (exact) mass is 291 g/mol. The highest BCUT2D eigenvalue weighted by molar-refractivity contribution is 6.33. The first kappa shape index (κ1) is 12.5. The Morgan fingerprint density at radius 3 is 2.23 bits per heavy atom. The first-order chi connectivity index (χ1) is 10.6. The van der Waals surface area contributed by atoms with E-state index in [1.165, 1.54) is 10.7 Å². The molecule has 0 spiro atoms. The van der Waals surface area contributed by atoms with Crippen molar-refractivity contribution in [1.29, 1.82) is 0 Å². The molecule has 3 aromatic rings. The van der Waals surface area contributed by atoms with Crippen molar-refractivity contribution in [3.8, 4) is 0 Å². The Kier molecular flexibility index (Phi) is 2.33. The van der Waals surface area contributed by atoms with Crippen LogP contribution in [0.2, 0.25) is 0 Å². The van der Waals surface area contributed by atoms with Crippen molar-refractivity contribution in [3.63, 3.8) is 0 Å². The van der Waals surface area contributed by atoms with Crippen LogP contribution in [-0.4, -0.2) is 27.1 Å². The fourth-order valence-corrected chi connectivity index (χ4v) is 2.92. The standard InChI is InChI=1S/C16H9N3O3/c17-16(22)13-12-11(10-6-3-7-18-19(10)13)14(20)8-4-1-2-5-9(8)15(12)21/h1-7H,(H2,17,22). The van der Waals surface area contributed by atoms with E-state index in [9.17, 15) is 14.4 Å². The first-order valence-corrected chi connectivity index (χ1v) is 6.59. The number of nitrogens with two attached hydrogens (primary N) is 1. The molecule has 0 saturated heterocycles. The number of hydrogen-bond donors (Lipinski definition) is 1. The molecule has 0 fully saturated rings. The Morgan fingerprint density at radius 1 is 0.955 bits per heavy atom. The maximum atomic E-state index is 12.8. The van der Waals surface area contributed by atoms with Crippen LogP contribution in [0, 0.1) is 0 Å². The lowest BCUT2D eigenvalue weighted by Gasteiger charge is -2.14. The van der Waals surface area contributed by atoms with Gasteiger partial charge in [-0.3, -0.25) is 14.4 Å². The van der Waals surface area contributed by atoms with Crippen LogP contribution >= 0.6 is 0 Å². The van der Waals surface area contributed by atoms with Crippen LogP contribution in [0.1, 0.15) is 42.3 Å². The average molecular weight is 291 g/mol. The molecular formula is C16H9N3O3. The van der Waals surface area contributed by atoms with Gasteiger partial charge in [-0.25, -0.2) is 4.52 Å². The molecule has 1 aliphatic rings. The van der Waals surface area contributed by atoms with E-state index in [0.717, 1.165) is 0 Å². The van der Waals surface area contributed by atoms with E-state index < -0.39 is 5.91 Å². The molecule has 0 saturated carbocycles. The molecule has 0 bridgehead atoms. The molecule has 1 aromatic carbocycles. The molecule has 0 aliphatic heterocycles. The lowest BCUT2D eigenvalue weighted by atomic mass is 9.84. The molecule has 2 N–H and O–H groups in total. The summed E-state index contributed by atoms with van der Waals surface area (Å²) in [5.41, 5.74) is 6.58. The van der Waals surface area contributed by atoms with Crippen molar-refractivity contribution in [2.45, 2.75) is 0 Å². The maximum Gasteiger partial charge on any atom is 0.268 e. The predicted molar refractivity (Wildman–Crippen MR) is 77.0 cm³/mol. The number of rotatable bonds is 1. The Morgan fingerprint density at radius 2 is 1.59 bits per heavy atom. The molecule has 22 heavy (non-hydrogen) atoms. The number of fused-ring (bicyclic) bond motifs is 4. The largest absolute Gasteiger partial charge is 0.364 e. The van der Waals surface area contributed by atoms with Crippen molar-refractivity contribution < 1.29 is 14.4 Å². The zero-order chi connectivity index (χ0) is 15.4. The topological polar surface area (TPSA) is 94.5 Å². The predicted octanol–water partition coefficient (Wildman–Crippen LogP) is 1.21. The van der Waals surface area contributed by atoms with Crippen molar-refractivity contribution >= 4 is 23.0 Å². The summed E-state index contributed by atoms with van der Waals surface area (Å²) >= 11 is 0. The summed E-state index contributed by atoms with van der Waals surface area (Å²) in [5, 5.41) is 4.05. The fraction of sp³-hybridized carbons (Fsp3) is 0.